The summed E-state index contributed by atoms with van der Waals surface area (Å²) in [6.07, 6.45) is 5.67. The van der Waals surface area contributed by atoms with Gasteiger partial charge in [0.25, 0.3) is 0 Å². The largest absolute Gasteiger partial charge is 0.370 e. The van der Waals surface area contributed by atoms with Gasteiger partial charge in [0.05, 0.1) is 6.54 Å². The third kappa shape index (κ3) is 4.95. The van der Waals surface area contributed by atoms with E-state index in [9.17, 15) is 0 Å². The van der Waals surface area contributed by atoms with Gasteiger partial charge in [-0.15, -0.1) is 35.3 Å². The Balaban J connectivity index is 0.00000208. The van der Waals surface area contributed by atoms with Crippen LogP contribution in [0.3, 0.4) is 0 Å². The average molecular weight is 464 g/mol. The van der Waals surface area contributed by atoms with Crippen molar-refractivity contribution in [3.63, 3.8) is 0 Å². The normalized spacial score (nSPS) is 21.0. The molecule has 2 aliphatic heterocycles. The highest BCUT2D eigenvalue weighted by atomic mass is 127. The molecule has 0 aliphatic carbocycles. The van der Waals surface area contributed by atoms with Crippen LogP contribution in [0.4, 0.5) is 5.13 Å². The van der Waals surface area contributed by atoms with E-state index < -0.39 is 0 Å². The van der Waals surface area contributed by atoms with Gasteiger partial charge in [-0.1, -0.05) is 6.92 Å². The smallest absolute Gasteiger partial charge is 0.191 e. The Hall–Kier alpha value is -0.610. The summed E-state index contributed by atoms with van der Waals surface area (Å²) < 4.78 is 0. The van der Waals surface area contributed by atoms with Gasteiger partial charge in [0.2, 0.25) is 0 Å². The van der Waals surface area contributed by atoms with Gasteiger partial charge >= 0.3 is 0 Å². The summed E-state index contributed by atoms with van der Waals surface area (Å²) in [5.74, 6) is 0.710. The summed E-state index contributed by atoms with van der Waals surface area (Å²) in [6.45, 7) is 9.31. The molecule has 2 aliphatic rings. The van der Waals surface area contributed by atoms with Crippen LogP contribution in [0.15, 0.2) is 16.6 Å². The van der Waals surface area contributed by atoms with E-state index >= 15 is 0 Å². The fraction of sp³-hybridized carbons (Fsp3) is 0.750. The molecule has 24 heavy (non-hydrogen) atoms. The van der Waals surface area contributed by atoms with Gasteiger partial charge in [0.15, 0.2) is 11.1 Å². The SMILES string of the molecule is CCC(CN=C(N)N1CCN(c2nccs2)CC1)N1CCCC1.I. The lowest BCUT2D eigenvalue weighted by atomic mass is 10.2. The Morgan fingerprint density at radius 3 is 2.54 bits per heavy atom. The summed E-state index contributed by atoms with van der Waals surface area (Å²) >= 11 is 1.70. The summed E-state index contributed by atoms with van der Waals surface area (Å²) in [6, 6.07) is 0.549. The molecule has 6 nitrogen and oxygen atoms in total. The molecule has 0 aromatic carbocycles. The first-order valence-corrected chi connectivity index (χ1v) is 9.59. The molecule has 2 N–H and O–H groups in total. The molecule has 0 amide bonds. The van der Waals surface area contributed by atoms with Crippen molar-refractivity contribution < 1.29 is 0 Å². The summed E-state index contributed by atoms with van der Waals surface area (Å²) in [5, 5.41) is 3.14. The topological polar surface area (TPSA) is 61.0 Å². The van der Waals surface area contributed by atoms with Gasteiger partial charge in [0.1, 0.15) is 0 Å². The van der Waals surface area contributed by atoms with Crippen molar-refractivity contribution in [1.82, 2.24) is 14.8 Å². The number of aliphatic imine (C=N–C) groups is 1. The predicted octanol–water partition coefficient (Wildman–Crippen LogP) is 2.07. The lowest BCUT2D eigenvalue weighted by Crippen LogP contribution is -2.51. The maximum Gasteiger partial charge on any atom is 0.191 e. The fourth-order valence-corrected chi connectivity index (χ4v) is 4.10. The molecule has 0 radical (unpaired) electrons. The molecule has 1 unspecified atom stereocenters. The summed E-state index contributed by atoms with van der Waals surface area (Å²) in [4.78, 5) is 16.2. The van der Waals surface area contributed by atoms with Crippen LogP contribution >= 0.6 is 35.3 Å². The molecule has 1 atom stereocenters. The van der Waals surface area contributed by atoms with Crippen LogP contribution in [0, 0.1) is 0 Å². The highest BCUT2D eigenvalue weighted by Gasteiger charge is 2.22. The summed E-state index contributed by atoms with van der Waals surface area (Å²) in [5.41, 5.74) is 6.24. The number of hydrogen-bond donors (Lipinski definition) is 1. The molecule has 1 aromatic rings. The van der Waals surface area contributed by atoms with Crippen LogP contribution < -0.4 is 10.6 Å². The minimum Gasteiger partial charge on any atom is -0.370 e. The Morgan fingerprint density at radius 1 is 1.25 bits per heavy atom. The highest BCUT2D eigenvalue weighted by molar-refractivity contribution is 14.0. The standard InChI is InChI=1S/C16H28N6S.HI/c1-2-14(20-6-3-4-7-20)13-19-15(17)21-8-10-22(11-9-21)16-18-5-12-23-16;/h5,12,14H,2-4,6-11,13H2,1H3,(H2,17,19);1H. The lowest BCUT2D eigenvalue weighted by molar-refractivity contribution is 0.241. The molecular formula is C16H29IN6S. The number of likely N-dealkylation sites (tertiary alicyclic amines) is 1. The number of nitrogens with two attached hydrogens (primary N) is 1. The van der Waals surface area contributed by atoms with Crippen LogP contribution in [0.5, 0.6) is 0 Å². The van der Waals surface area contributed by atoms with E-state index in [1.54, 1.807) is 11.3 Å². The molecule has 0 saturated carbocycles. The Morgan fingerprint density at radius 2 is 1.96 bits per heavy atom. The Kier molecular flexibility index (Phi) is 8.02. The Bertz CT molecular complexity index is 495. The van der Waals surface area contributed by atoms with E-state index in [4.69, 9.17) is 10.7 Å². The molecule has 2 fully saturated rings. The zero-order chi connectivity index (χ0) is 16.1. The maximum atomic E-state index is 6.24. The second kappa shape index (κ2) is 9.76. The van der Waals surface area contributed by atoms with Crippen molar-refractivity contribution in [2.24, 2.45) is 10.7 Å². The van der Waals surface area contributed by atoms with Gasteiger partial charge in [-0.2, -0.15) is 0 Å². The lowest BCUT2D eigenvalue weighted by Gasteiger charge is -2.35. The second-order valence-corrected chi connectivity index (χ2v) is 7.17. The number of halogens is 1. The molecule has 0 bridgehead atoms. The van der Waals surface area contributed by atoms with Crippen molar-refractivity contribution in [1.29, 1.82) is 0 Å². The molecule has 136 valence electrons. The fourth-order valence-electron chi connectivity index (χ4n) is 3.41. The first kappa shape index (κ1) is 19.7. The second-order valence-electron chi connectivity index (χ2n) is 6.29. The maximum absolute atomic E-state index is 6.24. The molecule has 0 spiro atoms. The first-order valence-electron chi connectivity index (χ1n) is 8.71. The van der Waals surface area contributed by atoms with Crippen LogP contribution in [0.1, 0.15) is 26.2 Å². The van der Waals surface area contributed by atoms with Gasteiger partial charge in [-0.05, 0) is 32.4 Å². The van der Waals surface area contributed by atoms with Crippen molar-refractivity contribution >= 4 is 46.4 Å². The molecule has 3 rings (SSSR count). The van der Waals surface area contributed by atoms with Crippen LogP contribution in [0.2, 0.25) is 0 Å². The number of thiazole rings is 1. The molecule has 3 heterocycles. The van der Waals surface area contributed by atoms with Gasteiger partial charge in [-0.25, -0.2) is 4.98 Å². The zero-order valence-corrected chi connectivity index (χ0v) is 17.6. The number of hydrogen-bond acceptors (Lipinski definition) is 5. The van der Waals surface area contributed by atoms with E-state index in [0.717, 1.165) is 44.3 Å². The average Bonchev–Trinajstić information content (AvgIpc) is 3.29. The predicted molar refractivity (Wildman–Crippen MR) is 113 cm³/mol. The third-order valence-electron chi connectivity index (χ3n) is 4.89. The third-order valence-corrected chi connectivity index (χ3v) is 5.72. The zero-order valence-electron chi connectivity index (χ0n) is 14.4. The number of anilines is 1. The van der Waals surface area contributed by atoms with Crippen LogP contribution in [0.25, 0.3) is 0 Å². The Labute approximate surface area is 166 Å². The molecule has 1 aromatic heterocycles. The number of rotatable bonds is 5. The van der Waals surface area contributed by atoms with Gasteiger partial charge in [-0.3, -0.25) is 9.89 Å². The molecule has 2 saturated heterocycles. The van der Waals surface area contributed by atoms with Crippen molar-refractivity contribution in [3.05, 3.63) is 11.6 Å². The van der Waals surface area contributed by atoms with Crippen molar-refractivity contribution in [2.45, 2.75) is 32.2 Å². The van der Waals surface area contributed by atoms with Crippen molar-refractivity contribution in [2.75, 3.05) is 50.7 Å². The van der Waals surface area contributed by atoms with E-state index in [2.05, 4.69) is 26.6 Å². The number of nitrogens with zero attached hydrogens (tertiary/aromatic N) is 5. The van der Waals surface area contributed by atoms with E-state index in [1.807, 2.05) is 11.6 Å². The minimum absolute atomic E-state index is 0. The van der Waals surface area contributed by atoms with E-state index in [1.165, 1.54) is 25.9 Å². The minimum atomic E-state index is 0. The summed E-state index contributed by atoms with van der Waals surface area (Å²) in [7, 11) is 0. The van der Waals surface area contributed by atoms with Crippen LogP contribution in [-0.4, -0.2) is 72.6 Å². The first-order chi connectivity index (χ1) is 11.3. The highest BCUT2D eigenvalue weighted by Crippen LogP contribution is 2.19. The number of guanidine groups is 1. The molecule has 8 heteroatoms. The van der Waals surface area contributed by atoms with E-state index in [0.29, 0.717) is 12.0 Å². The molecular weight excluding hydrogens is 435 g/mol. The van der Waals surface area contributed by atoms with Gasteiger partial charge in [0, 0.05) is 43.8 Å². The quantitative estimate of drug-likeness (QED) is 0.411. The van der Waals surface area contributed by atoms with Crippen LogP contribution in [-0.2, 0) is 0 Å². The van der Waals surface area contributed by atoms with E-state index in [-0.39, 0.29) is 24.0 Å². The van der Waals surface area contributed by atoms with Crippen molar-refractivity contribution in [3.8, 4) is 0 Å². The van der Waals surface area contributed by atoms with Gasteiger partial charge < -0.3 is 15.5 Å². The number of piperazine rings is 1. The number of aromatic nitrogens is 1. The monoisotopic (exact) mass is 464 g/mol.